The zero-order chi connectivity index (χ0) is 15.1. The Kier molecular flexibility index (Phi) is 5.92. The minimum atomic E-state index is -0.489. The molecule has 1 unspecified atom stereocenters. The zero-order valence-electron chi connectivity index (χ0n) is 11.6. The van der Waals surface area contributed by atoms with Crippen LogP contribution in [-0.2, 0) is 0 Å². The topological polar surface area (TPSA) is 110 Å². The summed E-state index contributed by atoms with van der Waals surface area (Å²) < 4.78 is 0. The third kappa shape index (κ3) is 5.23. The van der Waals surface area contributed by atoms with Crippen LogP contribution in [0.1, 0.15) is 20.3 Å². The Morgan fingerprint density at radius 1 is 1.35 bits per heavy atom. The molecule has 0 bridgehead atoms. The Hall–Kier alpha value is -2.15. The maximum absolute atomic E-state index is 11.8. The average Bonchev–Trinajstić information content (AvgIpc) is 2.37. The number of benzene rings is 1. The molecule has 1 atom stereocenters. The van der Waals surface area contributed by atoms with E-state index < -0.39 is 4.92 Å². The van der Waals surface area contributed by atoms with Gasteiger partial charge in [0.05, 0.1) is 4.92 Å². The van der Waals surface area contributed by atoms with Gasteiger partial charge in [-0.25, -0.2) is 4.79 Å². The Balaban J connectivity index is 2.55. The lowest BCUT2D eigenvalue weighted by Crippen LogP contribution is -2.43. The van der Waals surface area contributed by atoms with E-state index in [0.29, 0.717) is 18.2 Å². The van der Waals surface area contributed by atoms with Crippen LogP contribution in [0.15, 0.2) is 24.3 Å². The number of hydrogen-bond donors (Lipinski definition) is 3. The Morgan fingerprint density at radius 2 is 1.95 bits per heavy atom. The first-order valence-electron chi connectivity index (χ1n) is 6.44. The molecule has 0 aliphatic carbocycles. The van der Waals surface area contributed by atoms with E-state index in [2.05, 4.69) is 24.5 Å². The molecule has 0 fully saturated rings. The molecule has 1 aromatic carbocycles. The van der Waals surface area contributed by atoms with E-state index in [1.807, 2.05) is 0 Å². The smallest absolute Gasteiger partial charge is 0.319 e. The van der Waals surface area contributed by atoms with E-state index in [9.17, 15) is 14.9 Å². The second-order valence-corrected chi connectivity index (χ2v) is 4.96. The SMILES string of the molecule is CC(C)CC(CN)NC(=O)Nc1ccc([N+](=O)[O-])cc1. The fourth-order valence-electron chi connectivity index (χ4n) is 1.80. The van der Waals surface area contributed by atoms with E-state index in [0.717, 1.165) is 6.42 Å². The summed E-state index contributed by atoms with van der Waals surface area (Å²) in [4.78, 5) is 21.8. The van der Waals surface area contributed by atoms with Crippen LogP contribution in [0, 0.1) is 16.0 Å². The number of nitrogens with one attached hydrogen (secondary N) is 2. The second kappa shape index (κ2) is 7.44. The first-order valence-corrected chi connectivity index (χ1v) is 6.44. The summed E-state index contributed by atoms with van der Waals surface area (Å²) in [5, 5.41) is 15.9. The van der Waals surface area contributed by atoms with Gasteiger partial charge in [0.25, 0.3) is 5.69 Å². The normalized spacial score (nSPS) is 12.0. The van der Waals surface area contributed by atoms with Crippen molar-refractivity contribution in [1.82, 2.24) is 5.32 Å². The van der Waals surface area contributed by atoms with Crippen molar-refractivity contribution in [2.45, 2.75) is 26.3 Å². The lowest BCUT2D eigenvalue weighted by atomic mass is 10.0. The fourth-order valence-corrected chi connectivity index (χ4v) is 1.80. The number of carbonyl (C=O) groups is 1. The van der Waals surface area contributed by atoms with Crippen molar-refractivity contribution in [3.05, 3.63) is 34.4 Å². The van der Waals surface area contributed by atoms with Crippen molar-refractivity contribution in [2.24, 2.45) is 11.7 Å². The van der Waals surface area contributed by atoms with Gasteiger partial charge < -0.3 is 16.4 Å². The zero-order valence-corrected chi connectivity index (χ0v) is 11.6. The summed E-state index contributed by atoms with van der Waals surface area (Å²) >= 11 is 0. The predicted molar refractivity (Wildman–Crippen MR) is 77.5 cm³/mol. The van der Waals surface area contributed by atoms with Gasteiger partial charge in [-0.3, -0.25) is 10.1 Å². The number of nitro benzene ring substituents is 1. The van der Waals surface area contributed by atoms with Crippen LogP contribution in [0.2, 0.25) is 0 Å². The van der Waals surface area contributed by atoms with Crippen molar-refractivity contribution in [3.8, 4) is 0 Å². The Bertz CT molecular complexity index is 459. The highest BCUT2D eigenvalue weighted by molar-refractivity contribution is 5.89. The van der Waals surface area contributed by atoms with Crippen LogP contribution in [-0.4, -0.2) is 23.5 Å². The van der Waals surface area contributed by atoms with Gasteiger partial charge in [0, 0.05) is 30.4 Å². The summed E-state index contributed by atoms with van der Waals surface area (Å²) in [7, 11) is 0. The van der Waals surface area contributed by atoms with Crippen LogP contribution in [0.25, 0.3) is 0 Å². The molecule has 110 valence electrons. The van der Waals surface area contributed by atoms with Gasteiger partial charge in [-0.15, -0.1) is 0 Å². The van der Waals surface area contributed by atoms with Gasteiger partial charge >= 0.3 is 6.03 Å². The first kappa shape index (κ1) is 15.9. The molecule has 1 rings (SSSR count). The molecule has 0 radical (unpaired) electrons. The van der Waals surface area contributed by atoms with E-state index >= 15 is 0 Å². The number of hydrogen-bond acceptors (Lipinski definition) is 4. The number of urea groups is 1. The van der Waals surface area contributed by atoms with E-state index in [4.69, 9.17) is 5.73 Å². The number of nitro groups is 1. The predicted octanol–water partition coefficient (Wildman–Crippen LogP) is 2.09. The molecule has 0 saturated carbocycles. The second-order valence-electron chi connectivity index (χ2n) is 4.96. The van der Waals surface area contributed by atoms with Gasteiger partial charge in [0.1, 0.15) is 0 Å². The van der Waals surface area contributed by atoms with E-state index in [-0.39, 0.29) is 17.8 Å². The summed E-state index contributed by atoms with van der Waals surface area (Å²) in [6, 6.07) is 5.19. The molecule has 7 nitrogen and oxygen atoms in total. The highest BCUT2D eigenvalue weighted by Gasteiger charge is 2.12. The summed E-state index contributed by atoms with van der Waals surface area (Å²) in [6.07, 6.45) is 0.796. The highest BCUT2D eigenvalue weighted by atomic mass is 16.6. The third-order valence-corrected chi connectivity index (χ3v) is 2.71. The molecular weight excluding hydrogens is 260 g/mol. The van der Waals surface area contributed by atoms with Crippen LogP contribution < -0.4 is 16.4 Å². The number of nitrogens with two attached hydrogens (primary N) is 1. The fraction of sp³-hybridized carbons (Fsp3) is 0.462. The average molecular weight is 280 g/mol. The van der Waals surface area contributed by atoms with E-state index in [1.165, 1.54) is 24.3 Å². The molecule has 0 saturated heterocycles. The maximum Gasteiger partial charge on any atom is 0.319 e. The van der Waals surface area contributed by atoms with Crippen LogP contribution in [0.3, 0.4) is 0 Å². The quantitative estimate of drug-likeness (QED) is 0.547. The van der Waals surface area contributed by atoms with Crippen LogP contribution in [0.5, 0.6) is 0 Å². The molecule has 0 spiro atoms. The van der Waals surface area contributed by atoms with Gasteiger partial charge in [-0.05, 0) is 24.5 Å². The molecular formula is C13H20N4O3. The minimum absolute atomic E-state index is 0.0180. The molecule has 4 N–H and O–H groups in total. The first-order chi connectivity index (χ1) is 9.42. The van der Waals surface area contributed by atoms with Gasteiger partial charge in [-0.1, -0.05) is 13.8 Å². The lowest BCUT2D eigenvalue weighted by molar-refractivity contribution is -0.384. The van der Waals surface area contributed by atoms with Gasteiger partial charge in [-0.2, -0.15) is 0 Å². The number of nitrogens with zero attached hydrogens (tertiary/aromatic N) is 1. The van der Waals surface area contributed by atoms with Crippen LogP contribution in [0.4, 0.5) is 16.2 Å². The molecule has 0 aromatic heterocycles. The summed E-state index contributed by atoms with van der Waals surface area (Å²) in [6.45, 7) is 4.48. The Morgan fingerprint density at radius 3 is 2.40 bits per heavy atom. The minimum Gasteiger partial charge on any atom is -0.334 e. The molecule has 20 heavy (non-hydrogen) atoms. The van der Waals surface area contributed by atoms with Gasteiger partial charge in [0.15, 0.2) is 0 Å². The van der Waals surface area contributed by atoms with Crippen molar-refractivity contribution in [3.63, 3.8) is 0 Å². The number of amides is 2. The largest absolute Gasteiger partial charge is 0.334 e. The van der Waals surface area contributed by atoms with Gasteiger partial charge in [0.2, 0.25) is 0 Å². The van der Waals surface area contributed by atoms with E-state index in [1.54, 1.807) is 0 Å². The molecule has 1 aromatic rings. The molecule has 0 aliphatic rings. The molecule has 0 aliphatic heterocycles. The monoisotopic (exact) mass is 280 g/mol. The standard InChI is InChI=1S/C13H20N4O3/c1-9(2)7-11(8-14)16-13(18)15-10-3-5-12(6-4-10)17(19)20/h3-6,9,11H,7-8,14H2,1-2H3,(H2,15,16,18). The maximum atomic E-state index is 11.8. The Labute approximate surface area is 117 Å². The molecule has 7 heteroatoms. The summed E-state index contributed by atoms with van der Waals surface area (Å²) in [5.41, 5.74) is 6.07. The third-order valence-electron chi connectivity index (χ3n) is 2.71. The molecule has 2 amide bonds. The highest BCUT2D eigenvalue weighted by Crippen LogP contribution is 2.15. The van der Waals surface area contributed by atoms with Crippen molar-refractivity contribution < 1.29 is 9.72 Å². The van der Waals surface area contributed by atoms with Crippen molar-refractivity contribution in [1.29, 1.82) is 0 Å². The number of anilines is 1. The summed E-state index contributed by atoms with van der Waals surface area (Å²) in [5.74, 6) is 0.434. The number of rotatable bonds is 6. The van der Waals surface area contributed by atoms with Crippen LogP contribution >= 0.6 is 0 Å². The molecule has 0 heterocycles. The lowest BCUT2D eigenvalue weighted by Gasteiger charge is -2.19. The number of non-ortho nitro benzene ring substituents is 1. The van der Waals surface area contributed by atoms with Crippen molar-refractivity contribution >= 4 is 17.4 Å². The number of carbonyl (C=O) groups excluding carboxylic acids is 1. The van der Waals surface area contributed by atoms with Crippen molar-refractivity contribution in [2.75, 3.05) is 11.9 Å².